The van der Waals surface area contributed by atoms with Gasteiger partial charge in [0.25, 0.3) is 0 Å². The third-order valence-corrected chi connectivity index (χ3v) is 3.00. The predicted molar refractivity (Wildman–Crippen MR) is 84.9 cm³/mol. The molecule has 4 heteroatoms. The molecule has 0 spiro atoms. The number of furan rings is 1. The molecule has 0 aliphatic heterocycles. The van der Waals surface area contributed by atoms with Crippen molar-refractivity contribution in [2.75, 3.05) is 11.9 Å². The van der Waals surface area contributed by atoms with Crippen LogP contribution < -0.4 is 10.6 Å². The van der Waals surface area contributed by atoms with Crippen molar-refractivity contribution in [2.24, 2.45) is 0 Å². The van der Waals surface area contributed by atoms with Crippen LogP contribution >= 0.6 is 0 Å². The molecule has 2 aromatic rings. The average molecular weight is 284 g/mol. The summed E-state index contributed by atoms with van der Waals surface area (Å²) < 4.78 is 5.38. The van der Waals surface area contributed by atoms with Crippen LogP contribution in [0.1, 0.15) is 24.0 Å². The molecule has 0 saturated carbocycles. The Morgan fingerprint density at radius 3 is 2.76 bits per heavy atom. The first-order valence-corrected chi connectivity index (χ1v) is 7.03. The van der Waals surface area contributed by atoms with E-state index in [4.69, 9.17) is 4.42 Å². The summed E-state index contributed by atoms with van der Waals surface area (Å²) in [5, 5.41) is 6.14. The molecule has 0 unspecified atom stereocenters. The number of para-hydroxylation sites is 1. The lowest BCUT2D eigenvalue weighted by Crippen LogP contribution is -2.15. The van der Waals surface area contributed by atoms with Gasteiger partial charge in [0.1, 0.15) is 11.5 Å². The molecule has 0 atom stereocenters. The summed E-state index contributed by atoms with van der Waals surface area (Å²) in [6.45, 7) is 5.54. The number of anilines is 1. The molecular formula is C17H20N2O2. The van der Waals surface area contributed by atoms with E-state index in [1.54, 1.807) is 6.08 Å². The van der Waals surface area contributed by atoms with E-state index in [2.05, 4.69) is 17.6 Å². The van der Waals surface area contributed by atoms with Crippen LogP contribution in [0.5, 0.6) is 0 Å². The quantitative estimate of drug-likeness (QED) is 0.800. The van der Waals surface area contributed by atoms with Gasteiger partial charge in [0, 0.05) is 18.3 Å². The molecule has 1 aromatic heterocycles. The van der Waals surface area contributed by atoms with E-state index in [1.807, 2.05) is 43.3 Å². The molecule has 2 rings (SSSR count). The smallest absolute Gasteiger partial charge is 0.248 e. The fourth-order valence-corrected chi connectivity index (χ4v) is 1.93. The first kappa shape index (κ1) is 15.1. The zero-order chi connectivity index (χ0) is 15.1. The van der Waals surface area contributed by atoms with E-state index in [0.717, 1.165) is 30.1 Å². The first-order chi connectivity index (χ1) is 10.2. The molecule has 1 amide bonds. The van der Waals surface area contributed by atoms with Gasteiger partial charge in [-0.1, -0.05) is 25.1 Å². The normalized spacial score (nSPS) is 11.0. The van der Waals surface area contributed by atoms with E-state index in [-0.39, 0.29) is 5.91 Å². The third kappa shape index (κ3) is 4.61. The number of nitrogens with one attached hydrogen (secondary N) is 2. The van der Waals surface area contributed by atoms with Crippen molar-refractivity contribution in [1.29, 1.82) is 0 Å². The Kier molecular flexibility index (Phi) is 5.35. The Labute approximate surface area is 124 Å². The van der Waals surface area contributed by atoms with Gasteiger partial charge in [-0.2, -0.15) is 0 Å². The molecule has 0 saturated heterocycles. The fourth-order valence-electron chi connectivity index (χ4n) is 1.93. The average Bonchev–Trinajstić information content (AvgIpc) is 2.90. The van der Waals surface area contributed by atoms with Crippen LogP contribution in [0.15, 0.2) is 46.9 Å². The van der Waals surface area contributed by atoms with Gasteiger partial charge in [-0.3, -0.25) is 4.79 Å². The Morgan fingerprint density at radius 2 is 2.05 bits per heavy atom. The zero-order valence-corrected chi connectivity index (χ0v) is 12.3. The fraction of sp³-hybridized carbons (Fsp3) is 0.235. The minimum atomic E-state index is -0.173. The summed E-state index contributed by atoms with van der Waals surface area (Å²) in [5.74, 6) is 1.32. The lowest BCUT2D eigenvalue weighted by atomic mass is 10.1. The SMILES string of the molecule is CCNCc1ccccc1NC(=O)C=Cc1ccc(C)o1. The summed E-state index contributed by atoms with van der Waals surface area (Å²) in [7, 11) is 0. The number of hydrogen-bond acceptors (Lipinski definition) is 3. The molecule has 1 heterocycles. The molecule has 2 N–H and O–H groups in total. The van der Waals surface area contributed by atoms with E-state index >= 15 is 0 Å². The molecule has 0 fully saturated rings. The number of carbonyl (C=O) groups is 1. The standard InChI is InChI=1S/C17H20N2O2/c1-3-18-12-14-6-4-5-7-16(14)19-17(20)11-10-15-9-8-13(2)21-15/h4-11,18H,3,12H2,1-2H3,(H,19,20). The monoisotopic (exact) mass is 284 g/mol. The second kappa shape index (κ2) is 7.45. The van der Waals surface area contributed by atoms with Gasteiger partial charge in [0.15, 0.2) is 0 Å². The van der Waals surface area contributed by atoms with Crippen LogP contribution in [0, 0.1) is 6.92 Å². The summed E-state index contributed by atoms with van der Waals surface area (Å²) in [4.78, 5) is 12.0. The Bertz CT molecular complexity index is 629. The van der Waals surface area contributed by atoms with E-state index < -0.39 is 0 Å². The molecule has 1 aromatic carbocycles. The minimum absolute atomic E-state index is 0.173. The van der Waals surface area contributed by atoms with E-state index in [1.165, 1.54) is 6.08 Å². The number of amides is 1. The van der Waals surface area contributed by atoms with Gasteiger partial charge in [0.2, 0.25) is 5.91 Å². The molecule has 110 valence electrons. The van der Waals surface area contributed by atoms with Crippen molar-refractivity contribution in [2.45, 2.75) is 20.4 Å². The van der Waals surface area contributed by atoms with Gasteiger partial charge in [0.05, 0.1) is 0 Å². The highest BCUT2D eigenvalue weighted by molar-refractivity contribution is 6.02. The summed E-state index contributed by atoms with van der Waals surface area (Å²) in [6, 6.07) is 11.5. The van der Waals surface area contributed by atoms with Crippen LogP contribution in [0.3, 0.4) is 0 Å². The van der Waals surface area contributed by atoms with Crippen molar-refractivity contribution >= 4 is 17.7 Å². The first-order valence-electron chi connectivity index (χ1n) is 7.03. The highest BCUT2D eigenvalue weighted by Crippen LogP contribution is 2.15. The van der Waals surface area contributed by atoms with Gasteiger partial charge in [-0.25, -0.2) is 0 Å². The third-order valence-electron chi connectivity index (χ3n) is 3.00. The summed E-state index contributed by atoms with van der Waals surface area (Å²) >= 11 is 0. The zero-order valence-electron chi connectivity index (χ0n) is 12.3. The molecule has 0 aliphatic carbocycles. The largest absolute Gasteiger partial charge is 0.462 e. The van der Waals surface area contributed by atoms with Crippen LogP contribution in [0.4, 0.5) is 5.69 Å². The molecule has 0 aliphatic rings. The maximum Gasteiger partial charge on any atom is 0.248 e. The number of aryl methyl sites for hydroxylation is 1. The highest BCUT2D eigenvalue weighted by Gasteiger charge is 2.04. The van der Waals surface area contributed by atoms with Crippen molar-refractivity contribution in [3.8, 4) is 0 Å². The van der Waals surface area contributed by atoms with Gasteiger partial charge in [-0.15, -0.1) is 0 Å². The van der Waals surface area contributed by atoms with Crippen molar-refractivity contribution < 1.29 is 9.21 Å². The van der Waals surface area contributed by atoms with Crippen LogP contribution in [-0.4, -0.2) is 12.5 Å². The van der Waals surface area contributed by atoms with Gasteiger partial charge in [-0.05, 0) is 43.3 Å². The van der Waals surface area contributed by atoms with Crippen molar-refractivity contribution in [3.63, 3.8) is 0 Å². The highest BCUT2D eigenvalue weighted by atomic mass is 16.3. The van der Waals surface area contributed by atoms with Crippen LogP contribution in [0.2, 0.25) is 0 Å². The molecular weight excluding hydrogens is 264 g/mol. The Hall–Kier alpha value is -2.33. The maximum atomic E-state index is 12.0. The van der Waals surface area contributed by atoms with Crippen LogP contribution in [-0.2, 0) is 11.3 Å². The number of benzene rings is 1. The second-order valence-corrected chi connectivity index (χ2v) is 4.71. The number of carbonyl (C=O) groups excluding carboxylic acids is 1. The lowest BCUT2D eigenvalue weighted by Gasteiger charge is -2.09. The van der Waals surface area contributed by atoms with Crippen LogP contribution in [0.25, 0.3) is 6.08 Å². The van der Waals surface area contributed by atoms with E-state index in [9.17, 15) is 4.79 Å². The predicted octanol–water partition coefficient (Wildman–Crippen LogP) is 3.35. The molecule has 0 bridgehead atoms. The summed E-state index contributed by atoms with van der Waals surface area (Å²) in [5.41, 5.74) is 1.89. The maximum absolute atomic E-state index is 12.0. The second-order valence-electron chi connectivity index (χ2n) is 4.71. The summed E-state index contributed by atoms with van der Waals surface area (Å²) in [6.07, 6.45) is 3.14. The lowest BCUT2D eigenvalue weighted by molar-refractivity contribution is -0.111. The number of rotatable bonds is 6. The van der Waals surface area contributed by atoms with Crippen molar-refractivity contribution in [3.05, 3.63) is 59.6 Å². The van der Waals surface area contributed by atoms with E-state index in [0.29, 0.717) is 5.76 Å². The minimum Gasteiger partial charge on any atom is -0.462 e. The van der Waals surface area contributed by atoms with Crippen molar-refractivity contribution in [1.82, 2.24) is 5.32 Å². The topological polar surface area (TPSA) is 54.3 Å². The Balaban J connectivity index is 2.00. The Morgan fingerprint density at radius 1 is 1.24 bits per heavy atom. The molecule has 21 heavy (non-hydrogen) atoms. The number of hydrogen-bond donors (Lipinski definition) is 2. The molecule has 4 nitrogen and oxygen atoms in total. The molecule has 0 radical (unpaired) electrons. The van der Waals surface area contributed by atoms with Gasteiger partial charge < -0.3 is 15.1 Å². The van der Waals surface area contributed by atoms with Gasteiger partial charge >= 0.3 is 0 Å².